The molecule has 1 aromatic rings. The number of nitrogens with one attached hydrogen (secondary N) is 1. The maximum Gasteiger partial charge on any atom is 0.118 e. The lowest BCUT2D eigenvalue weighted by atomic mass is 10.1. The van der Waals surface area contributed by atoms with Gasteiger partial charge in [0.05, 0.1) is 0 Å². The number of aromatic hydroxyl groups is 1. The highest BCUT2D eigenvalue weighted by molar-refractivity contribution is 5.85. The first kappa shape index (κ1) is 13.3. The van der Waals surface area contributed by atoms with Gasteiger partial charge in [-0.1, -0.05) is 32.0 Å². The lowest BCUT2D eigenvalue weighted by Gasteiger charge is -2.08. The van der Waals surface area contributed by atoms with Gasteiger partial charge in [0.15, 0.2) is 0 Å². The molecule has 0 spiro atoms. The van der Waals surface area contributed by atoms with Crippen LogP contribution in [0.2, 0.25) is 0 Å². The van der Waals surface area contributed by atoms with Gasteiger partial charge < -0.3 is 10.4 Å². The van der Waals surface area contributed by atoms with Crippen molar-refractivity contribution in [1.82, 2.24) is 5.32 Å². The third-order valence-corrected chi connectivity index (χ3v) is 1.94. The van der Waals surface area contributed by atoms with Crippen LogP contribution in [0.5, 0.6) is 5.75 Å². The highest BCUT2D eigenvalue weighted by atomic mass is 35.5. The second kappa shape index (κ2) is 6.68. The van der Waals surface area contributed by atoms with Crippen LogP contribution in [-0.4, -0.2) is 17.7 Å². The van der Waals surface area contributed by atoms with Gasteiger partial charge in [0.2, 0.25) is 0 Å². The number of hydrogen-bond acceptors (Lipinski definition) is 2. The third kappa shape index (κ3) is 4.49. The summed E-state index contributed by atoms with van der Waals surface area (Å²) >= 11 is 0. The summed E-state index contributed by atoms with van der Waals surface area (Å²) in [6.45, 7) is 5.14. The molecule has 0 unspecified atom stereocenters. The predicted octanol–water partition coefficient (Wildman–Crippen LogP) is 2.35. The molecule has 0 amide bonds. The molecule has 0 aromatic heterocycles. The van der Waals surface area contributed by atoms with E-state index in [0.717, 1.165) is 18.5 Å². The van der Waals surface area contributed by atoms with E-state index in [2.05, 4.69) is 19.2 Å². The molecule has 0 atom stereocenters. The zero-order valence-electron chi connectivity index (χ0n) is 8.66. The Morgan fingerprint density at radius 1 is 1.29 bits per heavy atom. The molecule has 0 aliphatic carbocycles. The van der Waals surface area contributed by atoms with E-state index < -0.39 is 0 Å². The molecule has 0 saturated heterocycles. The summed E-state index contributed by atoms with van der Waals surface area (Å²) in [7, 11) is 0. The third-order valence-electron chi connectivity index (χ3n) is 1.94. The summed E-state index contributed by atoms with van der Waals surface area (Å²) in [6.07, 6.45) is 0.880. The summed E-state index contributed by atoms with van der Waals surface area (Å²) in [6, 6.07) is 7.98. The molecule has 0 radical (unpaired) electrons. The monoisotopic (exact) mass is 215 g/mol. The lowest BCUT2D eigenvalue weighted by Crippen LogP contribution is -2.24. The molecular formula is C11H18ClNO. The lowest BCUT2D eigenvalue weighted by molar-refractivity contribution is 0.465. The summed E-state index contributed by atoms with van der Waals surface area (Å²) < 4.78 is 0. The Bertz CT molecular complexity index is 263. The maximum absolute atomic E-state index is 9.45. The van der Waals surface area contributed by atoms with Crippen LogP contribution in [-0.2, 0) is 6.42 Å². The van der Waals surface area contributed by atoms with Crippen LogP contribution in [0.15, 0.2) is 24.3 Å². The molecule has 0 aliphatic heterocycles. The fourth-order valence-corrected chi connectivity index (χ4v) is 1.22. The van der Waals surface area contributed by atoms with Crippen molar-refractivity contribution >= 4 is 12.4 Å². The van der Waals surface area contributed by atoms with Gasteiger partial charge in [-0.15, -0.1) is 12.4 Å². The van der Waals surface area contributed by atoms with E-state index in [4.69, 9.17) is 0 Å². The molecule has 1 aromatic carbocycles. The molecule has 1 rings (SSSR count). The van der Waals surface area contributed by atoms with Crippen molar-refractivity contribution in [2.24, 2.45) is 0 Å². The molecular weight excluding hydrogens is 198 g/mol. The molecule has 2 N–H and O–H groups in total. The van der Waals surface area contributed by atoms with Gasteiger partial charge in [0.25, 0.3) is 0 Å². The van der Waals surface area contributed by atoms with Gasteiger partial charge in [0, 0.05) is 6.04 Å². The smallest absolute Gasteiger partial charge is 0.118 e. The molecule has 80 valence electrons. The van der Waals surface area contributed by atoms with E-state index >= 15 is 0 Å². The quantitative estimate of drug-likeness (QED) is 0.808. The zero-order valence-corrected chi connectivity index (χ0v) is 9.47. The summed E-state index contributed by atoms with van der Waals surface area (Å²) in [4.78, 5) is 0. The average Bonchev–Trinajstić information content (AvgIpc) is 2.08. The van der Waals surface area contributed by atoms with Crippen molar-refractivity contribution in [1.29, 1.82) is 0 Å². The first-order valence-corrected chi connectivity index (χ1v) is 4.70. The van der Waals surface area contributed by atoms with E-state index in [9.17, 15) is 5.11 Å². The van der Waals surface area contributed by atoms with Gasteiger partial charge in [-0.2, -0.15) is 0 Å². The Kier molecular flexibility index (Phi) is 6.34. The normalized spacial score (nSPS) is 9.93. The minimum atomic E-state index is 0. The molecule has 3 heteroatoms. The van der Waals surface area contributed by atoms with Crippen molar-refractivity contribution in [2.75, 3.05) is 6.54 Å². The van der Waals surface area contributed by atoms with E-state index in [1.54, 1.807) is 6.07 Å². The van der Waals surface area contributed by atoms with E-state index in [1.807, 2.05) is 18.2 Å². The number of rotatable bonds is 4. The number of phenolic OH excluding ortho intramolecular Hbond substituents is 1. The summed E-state index contributed by atoms with van der Waals surface area (Å²) in [5.41, 5.74) is 1.01. The van der Waals surface area contributed by atoms with Gasteiger partial charge >= 0.3 is 0 Å². The van der Waals surface area contributed by atoms with Crippen LogP contribution in [0.3, 0.4) is 0 Å². The van der Waals surface area contributed by atoms with Crippen LogP contribution < -0.4 is 5.32 Å². The van der Waals surface area contributed by atoms with Gasteiger partial charge in [0.1, 0.15) is 5.75 Å². The number of benzene rings is 1. The van der Waals surface area contributed by atoms with Crippen LogP contribution in [0, 0.1) is 0 Å². The van der Waals surface area contributed by atoms with E-state index in [0.29, 0.717) is 11.8 Å². The van der Waals surface area contributed by atoms with Crippen LogP contribution in [0.1, 0.15) is 19.4 Å². The maximum atomic E-state index is 9.45. The molecule has 0 fully saturated rings. The van der Waals surface area contributed by atoms with E-state index in [1.165, 1.54) is 0 Å². The molecule has 0 heterocycles. The Morgan fingerprint density at radius 3 is 2.50 bits per heavy atom. The number of halogens is 1. The van der Waals surface area contributed by atoms with Crippen molar-refractivity contribution in [3.8, 4) is 5.75 Å². The first-order valence-electron chi connectivity index (χ1n) is 4.70. The molecule has 2 nitrogen and oxygen atoms in total. The second-order valence-electron chi connectivity index (χ2n) is 3.49. The van der Waals surface area contributed by atoms with Gasteiger partial charge in [-0.25, -0.2) is 0 Å². The van der Waals surface area contributed by atoms with Crippen LogP contribution >= 0.6 is 12.4 Å². The van der Waals surface area contributed by atoms with Gasteiger partial charge in [-0.05, 0) is 24.6 Å². The summed E-state index contributed by atoms with van der Waals surface area (Å²) in [5.74, 6) is 0.396. The van der Waals surface area contributed by atoms with E-state index in [-0.39, 0.29) is 12.4 Å². The minimum Gasteiger partial charge on any atom is -0.508 e. The molecule has 0 bridgehead atoms. The number of phenols is 1. The molecule has 0 saturated carbocycles. The van der Waals surface area contributed by atoms with Gasteiger partial charge in [-0.3, -0.25) is 0 Å². The fourth-order valence-electron chi connectivity index (χ4n) is 1.22. The SMILES string of the molecule is CC(C)NCCc1ccccc1O.Cl. The molecule has 14 heavy (non-hydrogen) atoms. The molecule has 0 aliphatic rings. The predicted molar refractivity (Wildman–Crippen MR) is 62.2 cm³/mol. The first-order chi connectivity index (χ1) is 6.20. The average molecular weight is 216 g/mol. The topological polar surface area (TPSA) is 32.3 Å². The van der Waals surface area contributed by atoms with Crippen molar-refractivity contribution < 1.29 is 5.11 Å². The largest absolute Gasteiger partial charge is 0.508 e. The Morgan fingerprint density at radius 2 is 1.93 bits per heavy atom. The highest BCUT2D eigenvalue weighted by Gasteiger charge is 1.99. The second-order valence-corrected chi connectivity index (χ2v) is 3.49. The Labute approximate surface area is 91.8 Å². The number of para-hydroxylation sites is 1. The minimum absolute atomic E-state index is 0. The van der Waals surface area contributed by atoms with Crippen LogP contribution in [0.25, 0.3) is 0 Å². The van der Waals surface area contributed by atoms with Crippen molar-refractivity contribution in [3.63, 3.8) is 0 Å². The standard InChI is InChI=1S/C11H17NO.ClH/c1-9(2)12-8-7-10-5-3-4-6-11(10)13;/h3-6,9,12-13H,7-8H2,1-2H3;1H. The highest BCUT2D eigenvalue weighted by Crippen LogP contribution is 2.15. The summed E-state index contributed by atoms with van der Waals surface area (Å²) in [5, 5.41) is 12.8. The van der Waals surface area contributed by atoms with Crippen LogP contribution in [0.4, 0.5) is 0 Å². The Balaban J connectivity index is 0.00000169. The fraction of sp³-hybridized carbons (Fsp3) is 0.455. The Hall–Kier alpha value is -0.730. The van der Waals surface area contributed by atoms with Crippen molar-refractivity contribution in [3.05, 3.63) is 29.8 Å². The zero-order chi connectivity index (χ0) is 9.68. The number of hydrogen-bond donors (Lipinski definition) is 2. The van der Waals surface area contributed by atoms with Crippen molar-refractivity contribution in [2.45, 2.75) is 26.3 Å².